The van der Waals surface area contributed by atoms with Crippen LogP contribution < -0.4 is 45.5 Å². The van der Waals surface area contributed by atoms with Crippen LogP contribution in [0.3, 0.4) is 0 Å². The van der Waals surface area contributed by atoms with E-state index in [1.165, 1.54) is 4.57 Å². The molecule has 136 valence electrons. The van der Waals surface area contributed by atoms with Crippen molar-refractivity contribution in [2.24, 2.45) is 0 Å². The van der Waals surface area contributed by atoms with E-state index in [0.29, 0.717) is 0 Å². The average Bonchev–Trinajstić information content (AvgIpc) is 3.05. The number of imidazole rings is 1. The number of halogens is 1. The first-order chi connectivity index (χ1) is 11.8. The number of ether oxygens (including phenoxy) is 1. The Labute approximate surface area is 173 Å². The van der Waals surface area contributed by atoms with Crippen LogP contribution in [0.4, 0.5) is 11.8 Å². The van der Waals surface area contributed by atoms with Crippen molar-refractivity contribution in [3.8, 4) is 0 Å². The Bertz CT molecular complexity index is 900. The molecule has 26 heavy (non-hydrogen) atoms. The summed E-state index contributed by atoms with van der Waals surface area (Å²) in [4.78, 5) is 23.7. The number of nitrogen functional groups attached to an aromatic ring is 1. The molecule has 4 N–H and O–H groups in total. The zero-order valence-electron chi connectivity index (χ0n) is 13.7. The van der Waals surface area contributed by atoms with Gasteiger partial charge in [0.1, 0.15) is 18.3 Å². The first-order valence-corrected chi connectivity index (χ1v) is 9.01. The number of nitrogens with two attached hydrogens (primary N) is 1. The van der Waals surface area contributed by atoms with Gasteiger partial charge in [0, 0.05) is 7.05 Å². The van der Waals surface area contributed by atoms with Crippen molar-refractivity contribution in [2.75, 3.05) is 24.7 Å². The third-order valence-electron chi connectivity index (χ3n) is 3.97. The summed E-state index contributed by atoms with van der Waals surface area (Å²) in [6.07, 6.45) is -4.27. The zero-order chi connectivity index (χ0) is 17.9. The number of aromatic nitrogens is 4. The van der Waals surface area contributed by atoms with Gasteiger partial charge in [-0.05, 0) is 11.6 Å². The van der Waals surface area contributed by atoms with Gasteiger partial charge < -0.3 is 34.8 Å². The molecule has 0 aliphatic carbocycles. The topological polar surface area (TPSA) is 170 Å². The van der Waals surface area contributed by atoms with Crippen molar-refractivity contribution < 1.29 is 57.9 Å². The fourth-order valence-corrected chi connectivity index (χ4v) is 4.05. The van der Waals surface area contributed by atoms with E-state index in [9.17, 15) is 14.6 Å². The molecule has 2 saturated heterocycles. The molecule has 0 saturated carbocycles. The summed E-state index contributed by atoms with van der Waals surface area (Å²) in [5, 5.41) is 13.3. The molecule has 2 aliphatic heterocycles. The van der Waals surface area contributed by atoms with Crippen molar-refractivity contribution in [3.63, 3.8) is 0 Å². The molecule has 0 bridgehead atoms. The number of nitrogens with one attached hydrogen (secondary N) is 1. The monoisotopic (exact) mass is 414 g/mol. The van der Waals surface area contributed by atoms with Gasteiger partial charge in [0.25, 0.3) is 7.82 Å². The molecule has 12 nitrogen and oxygen atoms in total. The van der Waals surface area contributed by atoms with Crippen LogP contribution in [-0.4, -0.2) is 56.6 Å². The normalized spacial score (nSPS) is 33.7. The number of hydrogen-bond acceptors (Lipinski definition) is 11. The van der Waals surface area contributed by atoms with Gasteiger partial charge in [-0.1, -0.05) is 0 Å². The largest absolute Gasteiger partial charge is 1.00 e. The molecule has 2 aromatic heterocycles. The smallest absolute Gasteiger partial charge is 0.756 e. The number of nitrogens with zero attached hydrogens (tertiary/aromatic N) is 4. The van der Waals surface area contributed by atoms with E-state index < -0.39 is 32.4 Å². The molecule has 0 spiro atoms. The summed E-state index contributed by atoms with van der Waals surface area (Å²) < 4.78 is 28.1. The number of fused-ring (bicyclic) bond motifs is 2. The molecule has 2 aliphatic rings. The summed E-state index contributed by atoms with van der Waals surface area (Å²) in [7, 11) is -2.88. The fraction of sp³-hybridized carbons (Fsp3) is 0.545. The SMILES string of the molecule is CNc1nc2c(N)nc(Cl)nc2n1[C@@H]1O[C@@H]2COP(=O)([O-])O[C@H]2[C@H]1O.[Na+]. The van der Waals surface area contributed by atoms with E-state index in [1.54, 1.807) is 7.05 Å². The minimum atomic E-state index is -4.48. The van der Waals surface area contributed by atoms with Crippen LogP contribution >= 0.6 is 19.4 Å². The predicted octanol–water partition coefficient (Wildman–Crippen LogP) is -3.75. The number of phosphoric acid groups is 1. The van der Waals surface area contributed by atoms with Crippen molar-refractivity contribution in [1.29, 1.82) is 0 Å². The van der Waals surface area contributed by atoms with Gasteiger partial charge in [-0.15, -0.1) is 0 Å². The fourth-order valence-electron chi connectivity index (χ4n) is 2.93. The van der Waals surface area contributed by atoms with E-state index in [-0.39, 0.29) is 64.4 Å². The zero-order valence-corrected chi connectivity index (χ0v) is 17.3. The van der Waals surface area contributed by atoms with E-state index >= 15 is 0 Å². The molecule has 5 atom stereocenters. The second-order valence-electron chi connectivity index (χ2n) is 5.47. The van der Waals surface area contributed by atoms with Crippen molar-refractivity contribution >= 4 is 42.4 Å². The van der Waals surface area contributed by atoms with Crippen molar-refractivity contribution in [3.05, 3.63) is 5.28 Å². The van der Waals surface area contributed by atoms with Crippen LogP contribution in [-0.2, 0) is 18.3 Å². The molecule has 0 radical (unpaired) electrons. The molecule has 2 aromatic rings. The van der Waals surface area contributed by atoms with E-state index in [4.69, 9.17) is 26.6 Å². The summed E-state index contributed by atoms with van der Waals surface area (Å²) in [5.41, 5.74) is 6.29. The van der Waals surface area contributed by atoms with E-state index in [1.807, 2.05) is 0 Å². The molecular weight excluding hydrogens is 402 g/mol. The Balaban J connectivity index is 0.00000196. The Hall–Kier alpha value is -0.530. The molecule has 2 fully saturated rings. The van der Waals surface area contributed by atoms with Crippen LogP contribution in [0.5, 0.6) is 0 Å². The average molecular weight is 415 g/mol. The van der Waals surface area contributed by atoms with Gasteiger partial charge in [-0.3, -0.25) is 9.13 Å². The molecule has 1 unspecified atom stereocenters. The van der Waals surface area contributed by atoms with E-state index in [2.05, 4.69) is 24.8 Å². The number of phosphoric ester groups is 1. The van der Waals surface area contributed by atoms with E-state index in [0.717, 1.165) is 0 Å². The minimum absolute atomic E-state index is 0. The van der Waals surface area contributed by atoms with Crippen LogP contribution in [0.25, 0.3) is 11.2 Å². The maximum atomic E-state index is 11.5. The second kappa shape index (κ2) is 7.13. The first kappa shape index (κ1) is 20.2. The predicted molar refractivity (Wildman–Crippen MR) is 82.6 cm³/mol. The third kappa shape index (κ3) is 3.24. The van der Waals surface area contributed by atoms with Gasteiger partial charge in [-0.25, -0.2) is 4.98 Å². The minimum Gasteiger partial charge on any atom is -0.756 e. The van der Waals surface area contributed by atoms with Gasteiger partial charge in [0.2, 0.25) is 11.2 Å². The Morgan fingerprint density at radius 3 is 2.88 bits per heavy atom. The molecule has 4 heterocycles. The Morgan fingerprint density at radius 2 is 2.19 bits per heavy atom. The number of anilines is 2. The maximum absolute atomic E-state index is 11.5. The summed E-state index contributed by atoms with van der Waals surface area (Å²) >= 11 is 5.86. The quantitative estimate of drug-likeness (QED) is 0.250. The van der Waals surface area contributed by atoms with Crippen LogP contribution in [0.15, 0.2) is 0 Å². The van der Waals surface area contributed by atoms with Crippen LogP contribution in [0.1, 0.15) is 6.23 Å². The first-order valence-electron chi connectivity index (χ1n) is 7.17. The second-order valence-corrected chi connectivity index (χ2v) is 7.18. The van der Waals surface area contributed by atoms with Crippen molar-refractivity contribution in [1.82, 2.24) is 19.5 Å². The number of rotatable bonds is 2. The molecule has 0 amide bonds. The van der Waals surface area contributed by atoms with Crippen LogP contribution in [0, 0.1) is 0 Å². The molecule has 4 rings (SSSR count). The number of aliphatic hydroxyl groups excluding tert-OH is 1. The number of aliphatic hydroxyl groups is 1. The van der Waals surface area contributed by atoms with Gasteiger partial charge in [-0.2, -0.15) is 9.97 Å². The van der Waals surface area contributed by atoms with Crippen molar-refractivity contribution in [2.45, 2.75) is 24.5 Å². The third-order valence-corrected chi connectivity index (χ3v) is 5.11. The summed E-state index contributed by atoms with van der Waals surface area (Å²) in [6.45, 7) is -0.265. The molecule has 15 heteroatoms. The molecular formula is C11H13ClN6NaO6P. The number of hydrogen-bond donors (Lipinski definition) is 3. The summed E-state index contributed by atoms with van der Waals surface area (Å²) in [5.74, 6) is 0.325. The van der Waals surface area contributed by atoms with Gasteiger partial charge in [0.15, 0.2) is 23.2 Å². The Morgan fingerprint density at radius 1 is 1.46 bits per heavy atom. The molecule has 0 aromatic carbocycles. The van der Waals surface area contributed by atoms with Gasteiger partial charge >= 0.3 is 29.6 Å². The van der Waals surface area contributed by atoms with Gasteiger partial charge in [0.05, 0.1) is 6.61 Å². The van der Waals surface area contributed by atoms with Crippen LogP contribution in [0.2, 0.25) is 5.28 Å². The maximum Gasteiger partial charge on any atom is 1.00 e. The summed E-state index contributed by atoms with van der Waals surface area (Å²) in [6, 6.07) is 0. The Kier molecular flexibility index (Phi) is 5.54. The standard InChI is InChI=1S/C11H14ClN6O6P.Na/c1-14-11-15-4-7(13)16-10(12)17-8(4)18(11)9-5(19)6-3(23-9)2-22-25(20,21)24-6;/h3,5-6,9,19H,2H2,1H3,(H,14,15)(H,20,21)(H2,13,16,17);/q;+1/p-1/t3-,5-,6-,9-;/m1./s1.